The molecule has 0 bridgehead atoms. The van der Waals surface area contributed by atoms with E-state index in [0.29, 0.717) is 44.1 Å². The number of rotatable bonds is 9. The first kappa shape index (κ1) is 22.9. The molecule has 3 rings (SSSR count). The van der Waals surface area contributed by atoms with Crippen LogP contribution in [0.4, 0.5) is 5.69 Å². The lowest BCUT2D eigenvalue weighted by Gasteiger charge is -2.14. The number of nitrogens with one attached hydrogen (secondary N) is 2. The van der Waals surface area contributed by atoms with Gasteiger partial charge in [-0.05, 0) is 38.3 Å². The fourth-order valence-corrected chi connectivity index (χ4v) is 2.97. The Kier molecular flexibility index (Phi) is 8.58. The van der Waals surface area contributed by atoms with Gasteiger partial charge in [0, 0.05) is 37.9 Å². The van der Waals surface area contributed by atoms with E-state index in [0.717, 1.165) is 54.6 Å². The molecule has 0 fully saturated rings. The van der Waals surface area contributed by atoms with Gasteiger partial charge in [-0.1, -0.05) is 13.8 Å². The molecule has 0 unspecified atom stereocenters. The van der Waals surface area contributed by atoms with Crippen molar-refractivity contribution in [1.29, 1.82) is 0 Å². The van der Waals surface area contributed by atoms with E-state index in [1.807, 2.05) is 32.0 Å². The normalized spacial score (nSPS) is 13.9. The molecule has 2 heterocycles. The Morgan fingerprint density at radius 2 is 2.00 bits per heavy atom. The van der Waals surface area contributed by atoms with Crippen molar-refractivity contribution in [2.75, 3.05) is 38.3 Å². The van der Waals surface area contributed by atoms with Crippen LogP contribution in [-0.2, 0) is 11.3 Å². The van der Waals surface area contributed by atoms with Gasteiger partial charge in [0.05, 0.1) is 18.9 Å². The van der Waals surface area contributed by atoms with Gasteiger partial charge in [0.2, 0.25) is 5.89 Å². The van der Waals surface area contributed by atoms with Gasteiger partial charge in [-0.2, -0.15) is 0 Å². The summed E-state index contributed by atoms with van der Waals surface area (Å²) in [5.74, 6) is 4.10. The summed E-state index contributed by atoms with van der Waals surface area (Å²) in [6.07, 6.45) is 1.76. The van der Waals surface area contributed by atoms with Gasteiger partial charge >= 0.3 is 0 Å². The molecule has 170 valence electrons. The second-order valence-electron chi connectivity index (χ2n) is 8.00. The molecule has 31 heavy (non-hydrogen) atoms. The molecular formula is C23H34N4O4. The lowest BCUT2D eigenvalue weighted by molar-refractivity contribution is 0.108. The Labute approximate surface area is 184 Å². The predicted molar refractivity (Wildman–Crippen MR) is 121 cm³/mol. The number of guanidine groups is 1. The Morgan fingerprint density at radius 1 is 1.19 bits per heavy atom. The first-order valence-corrected chi connectivity index (χ1v) is 11.0. The fraction of sp³-hybridized carbons (Fsp3) is 0.565. The fourth-order valence-electron chi connectivity index (χ4n) is 2.97. The van der Waals surface area contributed by atoms with Gasteiger partial charge in [-0.3, -0.25) is 0 Å². The van der Waals surface area contributed by atoms with Crippen molar-refractivity contribution in [2.45, 2.75) is 47.1 Å². The van der Waals surface area contributed by atoms with Gasteiger partial charge in [-0.15, -0.1) is 0 Å². The molecule has 0 aliphatic carbocycles. The summed E-state index contributed by atoms with van der Waals surface area (Å²) in [6, 6.07) is 5.81. The molecule has 1 aliphatic rings. The van der Waals surface area contributed by atoms with Crippen molar-refractivity contribution in [3.8, 4) is 11.5 Å². The van der Waals surface area contributed by atoms with Crippen LogP contribution >= 0.6 is 0 Å². The summed E-state index contributed by atoms with van der Waals surface area (Å²) in [5.41, 5.74) is 1.75. The quantitative estimate of drug-likeness (QED) is 0.352. The highest BCUT2D eigenvalue weighted by molar-refractivity contribution is 5.93. The third-order valence-electron chi connectivity index (χ3n) is 4.66. The lowest BCUT2D eigenvalue weighted by Crippen LogP contribution is -2.32. The third-order valence-corrected chi connectivity index (χ3v) is 4.66. The highest BCUT2D eigenvalue weighted by Crippen LogP contribution is 2.32. The van der Waals surface area contributed by atoms with Gasteiger partial charge in [0.25, 0.3) is 0 Å². The number of benzene rings is 1. The van der Waals surface area contributed by atoms with E-state index < -0.39 is 0 Å². The zero-order valence-corrected chi connectivity index (χ0v) is 19.0. The molecule has 0 saturated carbocycles. The number of nitrogens with zero attached hydrogens (tertiary/aromatic N) is 2. The first-order valence-electron chi connectivity index (χ1n) is 11.0. The van der Waals surface area contributed by atoms with Crippen LogP contribution in [0.5, 0.6) is 11.5 Å². The van der Waals surface area contributed by atoms with E-state index in [4.69, 9.17) is 18.6 Å². The standard InChI is InChI=1S/C23H34N4O4/c1-16(2)15-28-10-5-9-24-23(25-14-22-26-17(3)18(4)31-22)27-19-7-8-20-21(13-19)30-12-6-11-29-20/h7-8,13,16H,5-6,9-12,14-15H2,1-4H3,(H2,24,25,27). The van der Waals surface area contributed by atoms with Crippen LogP contribution < -0.4 is 20.1 Å². The number of anilines is 1. The average Bonchev–Trinajstić information content (AvgIpc) is 2.92. The van der Waals surface area contributed by atoms with E-state index in [-0.39, 0.29) is 0 Å². The van der Waals surface area contributed by atoms with Gasteiger partial charge in [-0.25, -0.2) is 9.98 Å². The zero-order chi connectivity index (χ0) is 22.1. The summed E-state index contributed by atoms with van der Waals surface area (Å²) in [5, 5.41) is 6.70. The highest BCUT2D eigenvalue weighted by Gasteiger charge is 2.12. The summed E-state index contributed by atoms with van der Waals surface area (Å²) in [6.45, 7) is 12.0. The van der Waals surface area contributed by atoms with Crippen molar-refractivity contribution < 1.29 is 18.6 Å². The molecule has 1 aliphatic heterocycles. The predicted octanol–water partition coefficient (Wildman–Crippen LogP) is 4.07. The van der Waals surface area contributed by atoms with Crippen LogP contribution in [0.1, 0.15) is 44.0 Å². The number of ether oxygens (including phenoxy) is 3. The number of oxazole rings is 1. The number of fused-ring (bicyclic) bond motifs is 1. The summed E-state index contributed by atoms with van der Waals surface area (Å²) in [4.78, 5) is 9.05. The van der Waals surface area contributed by atoms with Crippen molar-refractivity contribution in [1.82, 2.24) is 10.3 Å². The molecule has 8 heteroatoms. The Bertz CT molecular complexity index is 844. The Balaban J connectivity index is 1.63. The van der Waals surface area contributed by atoms with E-state index in [1.165, 1.54) is 0 Å². The summed E-state index contributed by atoms with van der Waals surface area (Å²) >= 11 is 0. The van der Waals surface area contributed by atoms with Crippen LogP contribution in [0.15, 0.2) is 27.6 Å². The van der Waals surface area contributed by atoms with Crippen LogP contribution in [0.2, 0.25) is 0 Å². The van der Waals surface area contributed by atoms with Crippen LogP contribution in [-0.4, -0.2) is 43.9 Å². The minimum Gasteiger partial charge on any atom is -0.490 e. The summed E-state index contributed by atoms with van der Waals surface area (Å²) in [7, 11) is 0. The number of aliphatic imine (C=N–C) groups is 1. The number of aromatic nitrogens is 1. The SMILES string of the molecule is Cc1nc(CN=C(NCCCOCC(C)C)Nc2ccc3c(c2)OCCCO3)oc1C. The molecule has 0 radical (unpaired) electrons. The van der Waals surface area contributed by atoms with Gasteiger partial charge < -0.3 is 29.3 Å². The monoisotopic (exact) mass is 430 g/mol. The minimum absolute atomic E-state index is 0.346. The molecule has 2 aromatic rings. The molecule has 0 saturated heterocycles. The molecule has 0 spiro atoms. The maximum absolute atomic E-state index is 5.79. The molecule has 0 amide bonds. The van der Waals surface area contributed by atoms with E-state index >= 15 is 0 Å². The second kappa shape index (κ2) is 11.6. The Hall–Kier alpha value is -2.74. The zero-order valence-electron chi connectivity index (χ0n) is 19.0. The first-order chi connectivity index (χ1) is 15.0. The van der Waals surface area contributed by atoms with Crippen molar-refractivity contribution in [3.05, 3.63) is 35.5 Å². The smallest absolute Gasteiger partial charge is 0.216 e. The molecule has 1 aromatic carbocycles. The molecular weight excluding hydrogens is 396 g/mol. The average molecular weight is 431 g/mol. The number of hydrogen-bond donors (Lipinski definition) is 2. The number of aryl methyl sites for hydroxylation is 2. The van der Waals surface area contributed by atoms with Gasteiger partial charge in [0.1, 0.15) is 12.3 Å². The third kappa shape index (κ3) is 7.47. The summed E-state index contributed by atoms with van der Waals surface area (Å²) < 4.78 is 22.8. The van der Waals surface area contributed by atoms with Crippen LogP contribution in [0.25, 0.3) is 0 Å². The maximum Gasteiger partial charge on any atom is 0.216 e. The Morgan fingerprint density at radius 3 is 2.74 bits per heavy atom. The van der Waals surface area contributed by atoms with Crippen LogP contribution in [0.3, 0.4) is 0 Å². The van der Waals surface area contributed by atoms with E-state index in [2.05, 4.69) is 34.5 Å². The van der Waals surface area contributed by atoms with Crippen molar-refractivity contribution in [2.24, 2.45) is 10.9 Å². The maximum atomic E-state index is 5.79. The van der Waals surface area contributed by atoms with Crippen molar-refractivity contribution in [3.63, 3.8) is 0 Å². The van der Waals surface area contributed by atoms with Crippen LogP contribution in [0, 0.1) is 19.8 Å². The second-order valence-corrected chi connectivity index (χ2v) is 8.00. The number of hydrogen-bond acceptors (Lipinski definition) is 6. The minimum atomic E-state index is 0.346. The molecule has 0 atom stereocenters. The lowest BCUT2D eigenvalue weighted by atomic mass is 10.2. The molecule has 2 N–H and O–H groups in total. The van der Waals surface area contributed by atoms with Gasteiger partial charge in [0.15, 0.2) is 17.5 Å². The van der Waals surface area contributed by atoms with E-state index in [9.17, 15) is 0 Å². The molecule has 8 nitrogen and oxygen atoms in total. The highest BCUT2D eigenvalue weighted by atomic mass is 16.5. The van der Waals surface area contributed by atoms with E-state index in [1.54, 1.807) is 0 Å². The largest absolute Gasteiger partial charge is 0.490 e. The van der Waals surface area contributed by atoms with Crippen molar-refractivity contribution >= 4 is 11.6 Å². The molecule has 1 aromatic heterocycles. The topological polar surface area (TPSA) is 90.1 Å².